The van der Waals surface area contributed by atoms with Crippen LogP contribution in [0.4, 0.5) is 5.95 Å². The minimum Gasteiger partial charge on any atom is -0.422 e. The molecule has 1 heterocycles. The van der Waals surface area contributed by atoms with Crippen LogP contribution in [0.2, 0.25) is 5.02 Å². The van der Waals surface area contributed by atoms with Gasteiger partial charge in [0.05, 0.1) is 11.8 Å². The van der Waals surface area contributed by atoms with Crippen LogP contribution in [0.5, 0.6) is 5.75 Å². The van der Waals surface area contributed by atoms with Crippen molar-refractivity contribution in [3.63, 3.8) is 0 Å². The van der Waals surface area contributed by atoms with Gasteiger partial charge < -0.3 is 4.74 Å². The number of nitrogens with zero attached hydrogens (tertiary/aromatic N) is 3. The molecule has 0 spiro atoms. The first kappa shape index (κ1) is 21.2. The number of anilines is 1. The number of nitrogens with one attached hydrogen (secondary N) is 2. The number of hydrogen-bond acceptors (Lipinski definition) is 7. The first-order chi connectivity index (χ1) is 14.2. The molecule has 3 aromatic rings. The maximum atomic E-state index is 12.3. The number of hydrazone groups is 1. The standard InChI is InChI=1S/C21H20ClN5O3/c1-21(2,3)17-18(28)24-20(27-25-17)26-23-12-14-6-4-5-7-16(14)30-19(29)13-8-10-15(22)11-9-13/h4-12H,1-3H3,(H2,24,26,27,28)/b23-12+. The molecule has 1 aromatic heterocycles. The number of carbonyl (C=O) groups is 1. The summed E-state index contributed by atoms with van der Waals surface area (Å²) < 4.78 is 5.46. The average Bonchev–Trinajstić information content (AvgIpc) is 2.69. The summed E-state index contributed by atoms with van der Waals surface area (Å²) in [5.74, 6) is -0.0982. The van der Waals surface area contributed by atoms with Gasteiger partial charge in [0.25, 0.3) is 5.56 Å². The molecule has 30 heavy (non-hydrogen) atoms. The Balaban J connectivity index is 1.72. The summed E-state index contributed by atoms with van der Waals surface area (Å²) in [5, 5.41) is 12.5. The van der Waals surface area contributed by atoms with Crippen molar-refractivity contribution in [2.75, 3.05) is 5.43 Å². The lowest BCUT2D eigenvalue weighted by Crippen LogP contribution is -2.28. The summed E-state index contributed by atoms with van der Waals surface area (Å²) in [6, 6.07) is 13.3. The Kier molecular flexibility index (Phi) is 6.27. The molecule has 0 aliphatic rings. The highest BCUT2D eigenvalue weighted by Crippen LogP contribution is 2.19. The van der Waals surface area contributed by atoms with Gasteiger partial charge in [-0.2, -0.15) is 5.10 Å². The highest BCUT2D eigenvalue weighted by molar-refractivity contribution is 6.30. The van der Waals surface area contributed by atoms with Gasteiger partial charge in [0.1, 0.15) is 11.4 Å². The first-order valence-corrected chi connectivity index (χ1v) is 9.45. The van der Waals surface area contributed by atoms with Crippen LogP contribution < -0.4 is 15.7 Å². The Morgan fingerprint density at radius 3 is 2.50 bits per heavy atom. The second-order valence-electron chi connectivity index (χ2n) is 7.41. The van der Waals surface area contributed by atoms with Crippen molar-refractivity contribution in [3.05, 3.63) is 80.7 Å². The van der Waals surface area contributed by atoms with Gasteiger partial charge in [0, 0.05) is 16.0 Å². The van der Waals surface area contributed by atoms with E-state index in [9.17, 15) is 9.59 Å². The molecule has 3 rings (SSSR count). The van der Waals surface area contributed by atoms with Crippen molar-refractivity contribution in [3.8, 4) is 5.75 Å². The number of rotatable bonds is 5. The average molecular weight is 426 g/mol. The molecule has 2 N–H and O–H groups in total. The van der Waals surface area contributed by atoms with Gasteiger partial charge in [-0.3, -0.25) is 9.78 Å². The molecule has 0 saturated carbocycles. The molecule has 154 valence electrons. The van der Waals surface area contributed by atoms with Crippen molar-refractivity contribution in [2.24, 2.45) is 5.10 Å². The number of para-hydroxylation sites is 1. The number of aromatic nitrogens is 3. The molecule has 0 aliphatic carbocycles. The maximum Gasteiger partial charge on any atom is 0.343 e. The van der Waals surface area contributed by atoms with Gasteiger partial charge in [-0.05, 0) is 36.4 Å². The lowest BCUT2D eigenvalue weighted by molar-refractivity contribution is 0.0734. The van der Waals surface area contributed by atoms with Gasteiger partial charge in [0.2, 0.25) is 5.95 Å². The Hall–Kier alpha value is -3.52. The van der Waals surface area contributed by atoms with Crippen LogP contribution >= 0.6 is 11.6 Å². The summed E-state index contributed by atoms with van der Waals surface area (Å²) >= 11 is 5.84. The number of hydrogen-bond donors (Lipinski definition) is 2. The fourth-order valence-electron chi connectivity index (χ4n) is 2.47. The van der Waals surface area contributed by atoms with E-state index in [1.54, 1.807) is 48.5 Å². The molecule has 9 heteroatoms. The topological polar surface area (TPSA) is 109 Å². The Morgan fingerprint density at radius 1 is 1.13 bits per heavy atom. The van der Waals surface area contributed by atoms with Crippen molar-refractivity contribution >= 4 is 29.7 Å². The van der Waals surface area contributed by atoms with Crippen LogP contribution in [0, 0.1) is 0 Å². The van der Waals surface area contributed by atoms with Gasteiger partial charge in [-0.1, -0.05) is 44.5 Å². The molecule has 0 radical (unpaired) electrons. The summed E-state index contributed by atoms with van der Waals surface area (Å²) in [6.07, 6.45) is 1.45. The van der Waals surface area contributed by atoms with Gasteiger partial charge in [-0.25, -0.2) is 10.2 Å². The van der Waals surface area contributed by atoms with Crippen LogP contribution in [-0.4, -0.2) is 27.4 Å². The second kappa shape index (κ2) is 8.87. The number of halogens is 1. The second-order valence-corrected chi connectivity index (χ2v) is 7.84. The van der Waals surface area contributed by atoms with Crippen molar-refractivity contribution < 1.29 is 9.53 Å². The SMILES string of the molecule is CC(C)(C)c1nnc(N/N=C/c2ccccc2OC(=O)c2ccc(Cl)cc2)[nH]c1=O. The molecule has 0 saturated heterocycles. The van der Waals surface area contributed by atoms with Crippen LogP contribution in [0.1, 0.15) is 42.4 Å². The van der Waals surface area contributed by atoms with E-state index >= 15 is 0 Å². The molecular weight excluding hydrogens is 406 g/mol. The Bertz CT molecular complexity index is 1130. The zero-order chi connectivity index (χ0) is 21.7. The van der Waals surface area contributed by atoms with Gasteiger partial charge in [0.15, 0.2) is 0 Å². The highest BCUT2D eigenvalue weighted by atomic mass is 35.5. The first-order valence-electron chi connectivity index (χ1n) is 9.07. The molecule has 0 fully saturated rings. The van der Waals surface area contributed by atoms with Crippen LogP contribution in [0.3, 0.4) is 0 Å². The Labute approximate surface area is 178 Å². The molecule has 0 bridgehead atoms. The number of benzene rings is 2. The van der Waals surface area contributed by atoms with E-state index in [0.717, 1.165) is 0 Å². The summed E-state index contributed by atoms with van der Waals surface area (Å²) in [5.41, 5.74) is 3.11. The number of esters is 1. The summed E-state index contributed by atoms with van der Waals surface area (Å²) in [6.45, 7) is 5.62. The number of aromatic amines is 1. The summed E-state index contributed by atoms with van der Waals surface area (Å²) in [4.78, 5) is 27.1. The maximum absolute atomic E-state index is 12.3. The van der Waals surface area contributed by atoms with E-state index in [1.807, 2.05) is 20.8 Å². The van der Waals surface area contributed by atoms with Crippen LogP contribution in [-0.2, 0) is 5.41 Å². The van der Waals surface area contributed by atoms with Gasteiger partial charge in [-0.15, -0.1) is 10.2 Å². The van der Waals surface area contributed by atoms with Crippen molar-refractivity contribution in [2.45, 2.75) is 26.2 Å². The summed E-state index contributed by atoms with van der Waals surface area (Å²) in [7, 11) is 0. The third-order valence-electron chi connectivity index (χ3n) is 3.98. The normalized spacial score (nSPS) is 11.5. The molecule has 0 amide bonds. The number of ether oxygens (including phenoxy) is 1. The van der Waals surface area contributed by atoms with E-state index in [4.69, 9.17) is 16.3 Å². The monoisotopic (exact) mass is 425 g/mol. The fourth-order valence-corrected chi connectivity index (χ4v) is 2.59. The lowest BCUT2D eigenvalue weighted by atomic mass is 9.93. The highest BCUT2D eigenvalue weighted by Gasteiger charge is 2.20. The minimum absolute atomic E-state index is 0.0971. The largest absolute Gasteiger partial charge is 0.422 e. The third-order valence-corrected chi connectivity index (χ3v) is 4.24. The zero-order valence-corrected chi connectivity index (χ0v) is 17.4. The van der Waals surface area contributed by atoms with Crippen LogP contribution in [0.15, 0.2) is 58.4 Å². The predicted molar refractivity (Wildman–Crippen MR) is 115 cm³/mol. The van der Waals surface area contributed by atoms with E-state index in [1.165, 1.54) is 6.21 Å². The van der Waals surface area contributed by atoms with Crippen LogP contribution in [0.25, 0.3) is 0 Å². The van der Waals surface area contributed by atoms with E-state index < -0.39 is 11.4 Å². The molecule has 0 unspecified atom stereocenters. The molecule has 0 aliphatic heterocycles. The molecule has 2 aromatic carbocycles. The number of carbonyl (C=O) groups excluding carboxylic acids is 1. The number of H-pyrrole nitrogens is 1. The van der Waals surface area contributed by atoms with E-state index in [2.05, 4.69) is 25.7 Å². The smallest absolute Gasteiger partial charge is 0.343 e. The minimum atomic E-state index is -0.520. The lowest BCUT2D eigenvalue weighted by Gasteiger charge is -2.15. The third kappa shape index (κ3) is 5.30. The molecule has 8 nitrogen and oxygen atoms in total. The quantitative estimate of drug-likeness (QED) is 0.278. The zero-order valence-electron chi connectivity index (χ0n) is 16.6. The molecule has 0 atom stereocenters. The van der Waals surface area contributed by atoms with Gasteiger partial charge >= 0.3 is 5.97 Å². The van der Waals surface area contributed by atoms with E-state index in [0.29, 0.717) is 27.6 Å². The Morgan fingerprint density at radius 2 is 1.83 bits per heavy atom. The fraction of sp³-hybridized carbons (Fsp3) is 0.190. The van der Waals surface area contributed by atoms with Crippen molar-refractivity contribution in [1.82, 2.24) is 15.2 Å². The van der Waals surface area contributed by atoms with Crippen molar-refractivity contribution in [1.29, 1.82) is 0 Å². The van der Waals surface area contributed by atoms with E-state index in [-0.39, 0.29) is 11.5 Å². The predicted octanol–water partition coefficient (Wildman–Crippen LogP) is 3.78. The molecular formula is C21H20ClN5O3.